The van der Waals surface area contributed by atoms with Gasteiger partial charge in [0.15, 0.2) is 11.6 Å². The van der Waals surface area contributed by atoms with Crippen LogP contribution in [0, 0.1) is 0 Å². The fourth-order valence-corrected chi connectivity index (χ4v) is 5.34. The molecule has 0 radical (unpaired) electrons. The third kappa shape index (κ3) is 4.30. The van der Waals surface area contributed by atoms with Crippen LogP contribution in [0.4, 0.5) is 8.78 Å². The van der Waals surface area contributed by atoms with Crippen LogP contribution in [-0.2, 0) is 13.2 Å². The van der Waals surface area contributed by atoms with Crippen LogP contribution in [0.2, 0.25) is 0 Å². The molecule has 0 aliphatic carbocycles. The first-order chi connectivity index (χ1) is 18.6. The zero-order valence-corrected chi connectivity index (χ0v) is 20.5. The smallest absolute Gasteiger partial charge is 0.280 e. The topological polar surface area (TPSA) is 49.1 Å². The first kappa shape index (κ1) is 23.9. The summed E-state index contributed by atoms with van der Waals surface area (Å²) < 4.78 is 37.9. The molecule has 0 spiro atoms. The lowest BCUT2D eigenvalue weighted by atomic mass is 9.83. The lowest BCUT2D eigenvalue weighted by molar-refractivity contribution is 0.138. The van der Waals surface area contributed by atoms with Gasteiger partial charge in [-0.25, -0.2) is 13.8 Å². The van der Waals surface area contributed by atoms with Gasteiger partial charge in [-0.3, -0.25) is 4.79 Å². The molecule has 0 saturated heterocycles. The number of halogens is 2. The standard InChI is InChI=1S/C31H25F2N3O2/c32-30(33)24-18-34-31-28-29(38-20-21-10-4-1-5-11-21)26(37)16-17-35(28)25(19-36(24)31)27(22-12-6-2-7-13-22)23-14-8-3-9-15-23/h1-18,25,27,30H,19-20H2/t25-/m1/s1. The molecule has 0 N–H and O–H groups in total. The fourth-order valence-electron chi connectivity index (χ4n) is 5.34. The molecule has 1 aliphatic rings. The van der Waals surface area contributed by atoms with Crippen LogP contribution >= 0.6 is 0 Å². The molecule has 3 aromatic carbocycles. The molecule has 0 saturated carbocycles. The van der Waals surface area contributed by atoms with Gasteiger partial charge in [-0.2, -0.15) is 0 Å². The second-order valence-corrected chi connectivity index (χ2v) is 9.32. The average molecular weight is 510 g/mol. The highest BCUT2D eigenvalue weighted by Gasteiger charge is 2.37. The number of ether oxygens (including phenoxy) is 1. The Labute approximate surface area is 218 Å². The maximum absolute atomic E-state index is 14.1. The summed E-state index contributed by atoms with van der Waals surface area (Å²) >= 11 is 0. The largest absolute Gasteiger partial charge is 0.483 e. The Morgan fingerprint density at radius 1 is 0.868 bits per heavy atom. The highest BCUT2D eigenvalue weighted by Crippen LogP contribution is 2.44. The van der Waals surface area contributed by atoms with E-state index in [9.17, 15) is 13.6 Å². The number of rotatable bonds is 7. The van der Waals surface area contributed by atoms with Crippen molar-refractivity contribution in [3.05, 3.63) is 142 Å². The Morgan fingerprint density at radius 3 is 2.08 bits per heavy atom. The van der Waals surface area contributed by atoms with Gasteiger partial charge in [0, 0.05) is 24.7 Å². The molecule has 38 heavy (non-hydrogen) atoms. The summed E-state index contributed by atoms with van der Waals surface area (Å²) in [6, 6.07) is 30.7. The van der Waals surface area contributed by atoms with Crippen LogP contribution in [0.1, 0.15) is 40.8 Å². The van der Waals surface area contributed by atoms with E-state index in [4.69, 9.17) is 4.74 Å². The lowest BCUT2D eigenvalue weighted by Crippen LogP contribution is -2.32. The van der Waals surface area contributed by atoms with Gasteiger partial charge in [-0.15, -0.1) is 0 Å². The van der Waals surface area contributed by atoms with Crippen LogP contribution in [0.25, 0.3) is 11.5 Å². The first-order valence-corrected chi connectivity index (χ1v) is 12.5. The number of aromatic nitrogens is 3. The molecule has 7 heteroatoms. The Kier molecular flexibility index (Phi) is 6.33. The average Bonchev–Trinajstić information content (AvgIpc) is 3.39. The molecule has 1 atom stereocenters. The van der Waals surface area contributed by atoms with E-state index >= 15 is 0 Å². The number of imidazole rings is 1. The van der Waals surface area contributed by atoms with Gasteiger partial charge in [0.2, 0.25) is 5.43 Å². The van der Waals surface area contributed by atoms with Crippen LogP contribution in [0.5, 0.6) is 5.75 Å². The number of pyridine rings is 1. The summed E-state index contributed by atoms with van der Waals surface area (Å²) in [6.07, 6.45) is 0.224. The van der Waals surface area contributed by atoms with E-state index in [0.29, 0.717) is 11.5 Å². The SMILES string of the molecule is O=c1ccn2c(c1OCc1ccccc1)-c1ncc(C(F)F)n1C[C@@H]2C(c1ccccc1)c1ccccc1. The molecule has 6 rings (SSSR count). The van der Waals surface area contributed by atoms with Gasteiger partial charge in [0.25, 0.3) is 6.43 Å². The highest BCUT2D eigenvalue weighted by atomic mass is 19.3. The lowest BCUT2D eigenvalue weighted by Gasteiger charge is -2.37. The van der Waals surface area contributed by atoms with E-state index in [1.54, 1.807) is 10.8 Å². The van der Waals surface area contributed by atoms with Gasteiger partial charge in [0.05, 0.1) is 12.2 Å². The molecule has 5 aromatic rings. The van der Waals surface area contributed by atoms with Crippen molar-refractivity contribution in [3.8, 4) is 17.3 Å². The summed E-state index contributed by atoms with van der Waals surface area (Å²) in [7, 11) is 0. The molecule has 0 amide bonds. The van der Waals surface area contributed by atoms with E-state index in [2.05, 4.69) is 4.98 Å². The predicted octanol–water partition coefficient (Wildman–Crippen LogP) is 6.62. The summed E-state index contributed by atoms with van der Waals surface area (Å²) in [4.78, 5) is 17.5. The summed E-state index contributed by atoms with van der Waals surface area (Å²) in [6.45, 7) is 0.429. The molecule has 3 heterocycles. The number of nitrogens with zero attached hydrogens (tertiary/aromatic N) is 3. The minimum atomic E-state index is -2.71. The third-order valence-electron chi connectivity index (χ3n) is 7.06. The van der Waals surface area contributed by atoms with Crippen molar-refractivity contribution < 1.29 is 13.5 Å². The zero-order chi connectivity index (χ0) is 26.1. The van der Waals surface area contributed by atoms with E-state index in [1.807, 2.05) is 95.6 Å². The predicted molar refractivity (Wildman–Crippen MR) is 141 cm³/mol. The molecule has 5 nitrogen and oxygen atoms in total. The van der Waals surface area contributed by atoms with Gasteiger partial charge in [0.1, 0.15) is 18.0 Å². The Bertz CT molecular complexity index is 1560. The highest BCUT2D eigenvalue weighted by molar-refractivity contribution is 5.63. The van der Waals surface area contributed by atoms with Gasteiger partial charge in [-0.05, 0) is 16.7 Å². The maximum atomic E-state index is 14.1. The number of fused-ring (bicyclic) bond motifs is 3. The van der Waals surface area contributed by atoms with Gasteiger partial charge < -0.3 is 13.9 Å². The minimum absolute atomic E-state index is 0.105. The van der Waals surface area contributed by atoms with E-state index in [0.717, 1.165) is 16.7 Å². The molecular formula is C31H25F2N3O2. The normalized spacial score (nSPS) is 14.4. The Balaban J connectivity index is 1.55. The molecule has 1 aliphatic heterocycles. The molecule has 0 bridgehead atoms. The molecule has 2 aromatic heterocycles. The van der Waals surface area contributed by atoms with Crippen molar-refractivity contribution >= 4 is 0 Å². The van der Waals surface area contributed by atoms with Crippen molar-refractivity contribution in [2.45, 2.75) is 31.5 Å². The summed E-state index contributed by atoms with van der Waals surface area (Å²) in [5.74, 6) is 0.229. The molecule has 190 valence electrons. The van der Waals surface area contributed by atoms with Crippen molar-refractivity contribution in [1.29, 1.82) is 0 Å². The number of benzene rings is 3. The van der Waals surface area contributed by atoms with Crippen LogP contribution < -0.4 is 10.2 Å². The first-order valence-electron chi connectivity index (χ1n) is 12.5. The van der Waals surface area contributed by atoms with Crippen molar-refractivity contribution in [2.75, 3.05) is 0 Å². The number of hydrogen-bond donors (Lipinski definition) is 0. The molecule has 0 unspecified atom stereocenters. The zero-order valence-electron chi connectivity index (χ0n) is 20.5. The van der Waals surface area contributed by atoms with Crippen LogP contribution in [0.3, 0.4) is 0 Å². The number of alkyl halides is 2. The quantitative estimate of drug-likeness (QED) is 0.248. The van der Waals surface area contributed by atoms with Crippen molar-refractivity contribution in [2.24, 2.45) is 0 Å². The maximum Gasteiger partial charge on any atom is 0.280 e. The summed E-state index contributed by atoms with van der Waals surface area (Å²) in [5, 5.41) is 0. The van der Waals surface area contributed by atoms with Gasteiger partial charge in [-0.1, -0.05) is 91.0 Å². The fraction of sp³-hybridized carbons (Fsp3) is 0.161. The Morgan fingerprint density at radius 2 is 1.47 bits per heavy atom. The minimum Gasteiger partial charge on any atom is -0.483 e. The van der Waals surface area contributed by atoms with Crippen LogP contribution in [0.15, 0.2) is 114 Å². The second-order valence-electron chi connectivity index (χ2n) is 9.32. The number of hydrogen-bond acceptors (Lipinski definition) is 3. The van der Waals surface area contributed by atoms with E-state index in [-0.39, 0.29) is 42.0 Å². The molecular weight excluding hydrogens is 484 g/mol. The third-order valence-corrected chi connectivity index (χ3v) is 7.06. The van der Waals surface area contributed by atoms with Crippen molar-refractivity contribution in [1.82, 2.24) is 14.1 Å². The van der Waals surface area contributed by atoms with E-state index in [1.165, 1.54) is 12.3 Å². The second kappa shape index (κ2) is 10.1. The Hall–Kier alpha value is -4.52. The van der Waals surface area contributed by atoms with Crippen molar-refractivity contribution in [3.63, 3.8) is 0 Å². The van der Waals surface area contributed by atoms with Gasteiger partial charge >= 0.3 is 0 Å². The van der Waals surface area contributed by atoms with Crippen LogP contribution in [-0.4, -0.2) is 14.1 Å². The molecule has 0 fully saturated rings. The summed E-state index contributed by atoms with van der Waals surface area (Å²) in [5.41, 5.74) is 2.89. The monoisotopic (exact) mass is 509 g/mol. The van der Waals surface area contributed by atoms with E-state index < -0.39 is 6.43 Å².